The molecule has 0 atom stereocenters. The van der Waals surface area contributed by atoms with E-state index in [0.717, 1.165) is 0 Å². The predicted octanol–water partition coefficient (Wildman–Crippen LogP) is 4.06. The summed E-state index contributed by atoms with van der Waals surface area (Å²) >= 11 is 0. The largest absolute Gasteiger partial charge is 0.193 e. The molecule has 0 aromatic rings. The lowest BCUT2D eigenvalue weighted by Gasteiger charge is -2.10. The van der Waals surface area contributed by atoms with Crippen molar-refractivity contribution in [1.82, 2.24) is 0 Å². The van der Waals surface area contributed by atoms with Gasteiger partial charge in [0, 0.05) is 6.08 Å². The molecular weight excluding hydrogens is 158 g/mol. The highest BCUT2D eigenvalue weighted by molar-refractivity contribution is 5.03. The maximum absolute atomic E-state index is 8.43. The summed E-state index contributed by atoms with van der Waals surface area (Å²) in [5.74, 6) is 0.638. The summed E-state index contributed by atoms with van der Waals surface area (Å²) < 4.78 is 0. The van der Waals surface area contributed by atoms with Crippen molar-refractivity contribution in [1.29, 1.82) is 5.26 Å². The van der Waals surface area contributed by atoms with Crippen molar-refractivity contribution in [2.24, 2.45) is 5.92 Å². The van der Waals surface area contributed by atoms with Crippen molar-refractivity contribution in [3.63, 3.8) is 0 Å². The van der Waals surface area contributed by atoms with E-state index in [1.807, 2.05) is 0 Å². The lowest BCUT2D eigenvalue weighted by molar-refractivity contribution is 0.497. The zero-order valence-corrected chi connectivity index (χ0v) is 8.92. The van der Waals surface area contributed by atoms with E-state index in [1.165, 1.54) is 38.5 Å². The van der Waals surface area contributed by atoms with Crippen LogP contribution in [0.2, 0.25) is 0 Å². The summed E-state index contributed by atoms with van der Waals surface area (Å²) in [6.45, 7) is 4.43. The van der Waals surface area contributed by atoms with Crippen LogP contribution in [0, 0.1) is 17.2 Å². The van der Waals surface area contributed by atoms with Crippen LogP contribution in [-0.2, 0) is 0 Å². The summed E-state index contributed by atoms with van der Waals surface area (Å²) in [6.07, 6.45) is 11.3. The molecule has 13 heavy (non-hydrogen) atoms. The van der Waals surface area contributed by atoms with Gasteiger partial charge >= 0.3 is 0 Å². The molecule has 0 fully saturated rings. The first-order valence-electron chi connectivity index (χ1n) is 5.41. The average Bonchev–Trinajstić information content (AvgIpc) is 2.17. The molecule has 0 saturated carbocycles. The van der Waals surface area contributed by atoms with Gasteiger partial charge < -0.3 is 0 Å². The van der Waals surface area contributed by atoms with Gasteiger partial charge in [-0.2, -0.15) is 5.26 Å². The Balaban J connectivity index is 3.74. The van der Waals surface area contributed by atoms with E-state index in [0.29, 0.717) is 5.92 Å². The van der Waals surface area contributed by atoms with Crippen LogP contribution in [0.4, 0.5) is 0 Å². The van der Waals surface area contributed by atoms with Gasteiger partial charge in [-0.05, 0) is 18.8 Å². The molecule has 0 aromatic carbocycles. The van der Waals surface area contributed by atoms with Crippen LogP contribution in [0.25, 0.3) is 0 Å². The molecule has 0 aliphatic carbocycles. The minimum Gasteiger partial charge on any atom is -0.193 e. The van der Waals surface area contributed by atoms with Crippen molar-refractivity contribution in [2.45, 2.75) is 52.4 Å². The first-order chi connectivity index (χ1) is 6.35. The fourth-order valence-corrected chi connectivity index (χ4v) is 1.45. The lowest BCUT2D eigenvalue weighted by Crippen LogP contribution is -1.96. The SMILES string of the molecule is CCCCC(/C=C/C#N)CCCC. The number of allylic oxidation sites excluding steroid dienone is 2. The van der Waals surface area contributed by atoms with Gasteiger partial charge in [0.25, 0.3) is 0 Å². The molecule has 0 heterocycles. The van der Waals surface area contributed by atoms with Crippen LogP contribution >= 0.6 is 0 Å². The van der Waals surface area contributed by atoms with Gasteiger partial charge in [-0.1, -0.05) is 45.6 Å². The standard InChI is InChI=1S/C12H21N/c1-3-5-8-12(9-6-4-2)10-7-11-13/h7,10,12H,3-6,8-9H2,1-2H3/b10-7+. The smallest absolute Gasteiger partial charge is 0.0908 e. The maximum Gasteiger partial charge on any atom is 0.0908 e. The highest BCUT2D eigenvalue weighted by atomic mass is 14.2. The Kier molecular flexibility index (Phi) is 8.77. The molecular formula is C12H21N. The van der Waals surface area contributed by atoms with E-state index in [2.05, 4.69) is 26.0 Å². The van der Waals surface area contributed by atoms with Crippen molar-refractivity contribution in [3.05, 3.63) is 12.2 Å². The van der Waals surface area contributed by atoms with Crippen LogP contribution in [0.5, 0.6) is 0 Å². The quantitative estimate of drug-likeness (QED) is 0.540. The van der Waals surface area contributed by atoms with Crippen LogP contribution in [0.15, 0.2) is 12.2 Å². The Morgan fingerprint density at radius 1 is 1.15 bits per heavy atom. The van der Waals surface area contributed by atoms with E-state index < -0.39 is 0 Å². The van der Waals surface area contributed by atoms with Crippen molar-refractivity contribution in [3.8, 4) is 6.07 Å². The first kappa shape index (κ1) is 12.2. The summed E-state index contributed by atoms with van der Waals surface area (Å²) in [7, 11) is 0. The Bertz CT molecular complexity index is 156. The van der Waals surface area contributed by atoms with Crippen LogP contribution in [-0.4, -0.2) is 0 Å². The second-order valence-corrected chi connectivity index (χ2v) is 3.53. The second-order valence-electron chi connectivity index (χ2n) is 3.53. The van der Waals surface area contributed by atoms with Gasteiger partial charge in [-0.25, -0.2) is 0 Å². The van der Waals surface area contributed by atoms with Gasteiger partial charge in [-0.3, -0.25) is 0 Å². The van der Waals surface area contributed by atoms with Crippen LogP contribution < -0.4 is 0 Å². The average molecular weight is 179 g/mol. The van der Waals surface area contributed by atoms with Crippen LogP contribution in [0.3, 0.4) is 0 Å². The summed E-state index contributed by atoms with van der Waals surface area (Å²) in [5.41, 5.74) is 0. The summed E-state index contributed by atoms with van der Waals surface area (Å²) in [5, 5.41) is 8.43. The topological polar surface area (TPSA) is 23.8 Å². The number of rotatable bonds is 7. The molecule has 0 bridgehead atoms. The van der Waals surface area contributed by atoms with Gasteiger partial charge in [0.15, 0.2) is 0 Å². The molecule has 0 radical (unpaired) electrons. The summed E-state index contributed by atoms with van der Waals surface area (Å²) in [4.78, 5) is 0. The molecule has 0 spiro atoms. The molecule has 0 saturated heterocycles. The molecule has 74 valence electrons. The Labute approximate surface area is 82.5 Å². The Hall–Kier alpha value is -0.770. The number of unbranched alkanes of at least 4 members (excludes halogenated alkanes) is 2. The maximum atomic E-state index is 8.43. The van der Waals surface area contributed by atoms with Crippen molar-refractivity contribution in [2.75, 3.05) is 0 Å². The molecule has 1 nitrogen and oxygen atoms in total. The fourth-order valence-electron chi connectivity index (χ4n) is 1.45. The van der Waals surface area contributed by atoms with E-state index in [9.17, 15) is 0 Å². The number of hydrogen-bond donors (Lipinski definition) is 0. The molecule has 0 aliphatic rings. The lowest BCUT2D eigenvalue weighted by atomic mass is 9.96. The van der Waals surface area contributed by atoms with Gasteiger partial charge in [0.05, 0.1) is 6.07 Å². The summed E-state index contributed by atoms with van der Waals surface area (Å²) in [6, 6.07) is 2.07. The zero-order chi connectivity index (χ0) is 9.94. The number of hydrogen-bond acceptors (Lipinski definition) is 1. The molecule has 0 rings (SSSR count). The molecule has 0 unspecified atom stereocenters. The van der Waals surface area contributed by atoms with Crippen molar-refractivity contribution >= 4 is 0 Å². The third kappa shape index (κ3) is 7.59. The fraction of sp³-hybridized carbons (Fsp3) is 0.750. The van der Waals surface area contributed by atoms with E-state index in [4.69, 9.17) is 5.26 Å². The minimum absolute atomic E-state index is 0.638. The molecule has 0 N–H and O–H groups in total. The van der Waals surface area contributed by atoms with Gasteiger partial charge in [0.2, 0.25) is 0 Å². The third-order valence-corrected chi connectivity index (χ3v) is 2.30. The third-order valence-electron chi connectivity index (χ3n) is 2.30. The van der Waals surface area contributed by atoms with Gasteiger partial charge in [-0.15, -0.1) is 0 Å². The van der Waals surface area contributed by atoms with E-state index in [-0.39, 0.29) is 0 Å². The highest BCUT2D eigenvalue weighted by Gasteiger charge is 2.02. The van der Waals surface area contributed by atoms with Crippen molar-refractivity contribution < 1.29 is 0 Å². The van der Waals surface area contributed by atoms with E-state index >= 15 is 0 Å². The van der Waals surface area contributed by atoms with E-state index in [1.54, 1.807) is 6.08 Å². The number of nitriles is 1. The second kappa shape index (κ2) is 9.32. The molecule has 0 aliphatic heterocycles. The minimum atomic E-state index is 0.638. The molecule has 1 heteroatoms. The molecule has 0 amide bonds. The Morgan fingerprint density at radius 2 is 1.69 bits per heavy atom. The van der Waals surface area contributed by atoms with Gasteiger partial charge in [0.1, 0.15) is 0 Å². The first-order valence-corrected chi connectivity index (χ1v) is 5.41. The molecule has 0 aromatic heterocycles. The monoisotopic (exact) mass is 179 g/mol. The predicted molar refractivity (Wildman–Crippen MR) is 57.3 cm³/mol. The highest BCUT2D eigenvalue weighted by Crippen LogP contribution is 2.17. The zero-order valence-electron chi connectivity index (χ0n) is 8.92. The number of nitrogens with zero attached hydrogens (tertiary/aromatic N) is 1. The Morgan fingerprint density at radius 3 is 2.08 bits per heavy atom. The van der Waals surface area contributed by atoms with Crippen LogP contribution in [0.1, 0.15) is 52.4 Å². The normalized spacial score (nSPS) is 10.9.